The maximum Gasteiger partial charge on any atom is 0.255 e. The van der Waals surface area contributed by atoms with Crippen LogP contribution in [-0.2, 0) is 6.42 Å². The van der Waals surface area contributed by atoms with Crippen molar-refractivity contribution < 1.29 is 18.6 Å². The molecule has 1 aromatic rings. The van der Waals surface area contributed by atoms with Gasteiger partial charge in [-0.15, -0.1) is 0 Å². The Kier molecular flexibility index (Phi) is 4.09. The third-order valence-electron chi connectivity index (χ3n) is 3.65. The summed E-state index contributed by atoms with van der Waals surface area (Å²) in [7, 11) is 0. The van der Waals surface area contributed by atoms with Crippen molar-refractivity contribution in [2.75, 3.05) is 6.61 Å². The van der Waals surface area contributed by atoms with Crippen LogP contribution in [0.1, 0.15) is 43.9 Å². The van der Waals surface area contributed by atoms with Crippen molar-refractivity contribution >= 4 is 0 Å². The number of benzene rings is 1. The average Bonchev–Trinajstić information content (AvgIpc) is 3.02. The first-order chi connectivity index (χ1) is 8.97. The summed E-state index contributed by atoms with van der Waals surface area (Å²) >= 11 is 0. The molecule has 1 fully saturated rings. The Morgan fingerprint density at radius 2 is 2.11 bits per heavy atom. The van der Waals surface area contributed by atoms with E-state index < -0.39 is 17.9 Å². The molecule has 2 atom stereocenters. The second-order valence-corrected chi connectivity index (χ2v) is 5.11. The number of hydrogen-bond acceptors (Lipinski definition) is 2. The Bertz CT molecular complexity index is 446. The quantitative estimate of drug-likeness (QED) is 0.853. The lowest BCUT2D eigenvalue weighted by Gasteiger charge is -2.15. The first kappa shape index (κ1) is 14.3. The van der Waals surface area contributed by atoms with Gasteiger partial charge in [0.25, 0.3) is 5.92 Å². The van der Waals surface area contributed by atoms with Crippen LogP contribution in [0.25, 0.3) is 0 Å². The molecule has 2 rings (SSSR count). The van der Waals surface area contributed by atoms with Crippen molar-refractivity contribution in [3.05, 3.63) is 29.3 Å². The first-order valence-electron chi connectivity index (χ1n) is 6.79. The average molecular weight is 270 g/mol. The number of aliphatic hydroxyl groups is 1. The number of halogens is 2. The minimum Gasteiger partial charge on any atom is -0.493 e. The number of hydrogen-bond donors (Lipinski definition) is 1. The smallest absolute Gasteiger partial charge is 0.255 e. The summed E-state index contributed by atoms with van der Waals surface area (Å²) < 4.78 is 30.9. The summed E-state index contributed by atoms with van der Waals surface area (Å²) in [6.45, 7) is 3.97. The van der Waals surface area contributed by atoms with E-state index >= 15 is 0 Å². The van der Waals surface area contributed by atoms with E-state index in [0.29, 0.717) is 12.2 Å². The fraction of sp³-hybridized carbons (Fsp3) is 0.600. The molecular formula is C15H20F2O2. The van der Waals surface area contributed by atoms with Gasteiger partial charge in [-0.3, -0.25) is 0 Å². The molecule has 1 N–H and O–H groups in total. The van der Waals surface area contributed by atoms with Gasteiger partial charge in [0.2, 0.25) is 0 Å². The minimum absolute atomic E-state index is 0.0418. The van der Waals surface area contributed by atoms with E-state index in [0.717, 1.165) is 17.5 Å². The van der Waals surface area contributed by atoms with Crippen LogP contribution in [0.15, 0.2) is 18.2 Å². The molecule has 4 heteroatoms. The van der Waals surface area contributed by atoms with Crippen LogP contribution in [0.4, 0.5) is 8.78 Å². The normalized spacial score (nSPS) is 22.1. The Hall–Kier alpha value is -1.16. The SMILES string of the molecule is CCc1ccc(OCC2CC2(F)F)cc1C(O)CC. The molecule has 0 saturated heterocycles. The third-order valence-corrected chi connectivity index (χ3v) is 3.65. The molecule has 2 unspecified atom stereocenters. The summed E-state index contributed by atoms with van der Waals surface area (Å²) in [5.41, 5.74) is 1.91. The lowest BCUT2D eigenvalue weighted by molar-refractivity contribution is 0.0855. The summed E-state index contributed by atoms with van der Waals surface area (Å²) in [5, 5.41) is 9.96. The van der Waals surface area contributed by atoms with Crippen molar-refractivity contribution in [2.24, 2.45) is 5.92 Å². The van der Waals surface area contributed by atoms with Crippen molar-refractivity contribution in [3.8, 4) is 5.75 Å². The van der Waals surface area contributed by atoms with E-state index in [4.69, 9.17) is 4.74 Å². The largest absolute Gasteiger partial charge is 0.493 e. The monoisotopic (exact) mass is 270 g/mol. The number of aryl methyl sites for hydroxylation is 1. The summed E-state index contributed by atoms with van der Waals surface area (Å²) in [4.78, 5) is 0. The minimum atomic E-state index is -2.55. The molecule has 0 amide bonds. The maximum atomic E-state index is 12.8. The Balaban J connectivity index is 2.05. The molecule has 1 saturated carbocycles. The summed E-state index contributed by atoms with van der Waals surface area (Å²) in [6.07, 6.45) is 0.843. The molecule has 106 valence electrons. The van der Waals surface area contributed by atoms with E-state index in [-0.39, 0.29) is 13.0 Å². The highest BCUT2D eigenvalue weighted by atomic mass is 19.3. The topological polar surface area (TPSA) is 29.5 Å². The molecule has 0 heterocycles. The van der Waals surface area contributed by atoms with Crippen molar-refractivity contribution in [3.63, 3.8) is 0 Å². The van der Waals surface area contributed by atoms with E-state index in [1.165, 1.54) is 0 Å². The molecule has 0 aromatic heterocycles. The zero-order valence-corrected chi connectivity index (χ0v) is 11.3. The maximum absolute atomic E-state index is 12.8. The zero-order valence-electron chi connectivity index (χ0n) is 11.3. The van der Waals surface area contributed by atoms with Gasteiger partial charge in [0, 0.05) is 6.42 Å². The number of rotatable bonds is 6. The molecule has 0 aliphatic heterocycles. The fourth-order valence-corrected chi connectivity index (χ4v) is 2.16. The van der Waals surface area contributed by atoms with E-state index in [2.05, 4.69) is 0 Å². The lowest BCUT2D eigenvalue weighted by atomic mass is 9.98. The highest BCUT2D eigenvalue weighted by Crippen LogP contribution is 2.48. The van der Waals surface area contributed by atoms with Gasteiger partial charge < -0.3 is 9.84 Å². The predicted octanol–water partition coefficient (Wildman–Crippen LogP) is 3.73. The van der Waals surface area contributed by atoms with Crippen LogP contribution >= 0.6 is 0 Å². The lowest BCUT2D eigenvalue weighted by Crippen LogP contribution is -2.07. The van der Waals surface area contributed by atoms with E-state index in [1.807, 2.05) is 19.9 Å². The molecular weight excluding hydrogens is 250 g/mol. The molecule has 1 aromatic carbocycles. The predicted molar refractivity (Wildman–Crippen MR) is 69.6 cm³/mol. The van der Waals surface area contributed by atoms with Crippen LogP contribution in [0.3, 0.4) is 0 Å². The van der Waals surface area contributed by atoms with Gasteiger partial charge in [-0.05, 0) is 36.1 Å². The van der Waals surface area contributed by atoms with Crippen LogP contribution < -0.4 is 4.74 Å². The van der Waals surface area contributed by atoms with E-state index in [1.54, 1.807) is 12.1 Å². The standard InChI is InChI=1S/C15H20F2O2/c1-3-10-5-6-12(7-13(10)14(18)4-2)19-9-11-8-15(11,16)17/h5-7,11,14,18H,3-4,8-9H2,1-2H3. The molecule has 0 spiro atoms. The fourth-order valence-electron chi connectivity index (χ4n) is 2.16. The Labute approximate surface area is 112 Å². The van der Waals surface area contributed by atoms with E-state index in [9.17, 15) is 13.9 Å². The van der Waals surface area contributed by atoms with Crippen molar-refractivity contribution in [1.82, 2.24) is 0 Å². The van der Waals surface area contributed by atoms with Crippen molar-refractivity contribution in [2.45, 2.75) is 45.1 Å². The zero-order chi connectivity index (χ0) is 14.0. The number of ether oxygens (including phenoxy) is 1. The number of aliphatic hydroxyl groups excluding tert-OH is 1. The second-order valence-electron chi connectivity index (χ2n) is 5.11. The molecule has 1 aliphatic carbocycles. The van der Waals surface area contributed by atoms with Crippen molar-refractivity contribution in [1.29, 1.82) is 0 Å². The van der Waals surface area contributed by atoms with Crippen LogP contribution in [0.2, 0.25) is 0 Å². The van der Waals surface area contributed by atoms with Gasteiger partial charge in [0.1, 0.15) is 5.75 Å². The highest BCUT2D eigenvalue weighted by Gasteiger charge is 2.57. The number of alkyl halides is 2. The van der Waals surface area contributed by atoms with Crippen LogP contribution in [-0.4, -0.2) is 17.6 Å². The third kappa shape index (κ3) is 3.24. The molecule has 2 nitrogen and oxygen atoms in total. The Morgan fingerprint density at radius 1 is 1.42 bits per heavy atom. The van der Waals surface area contributed by atoms with Crippen LogP contribution in [0.5, 0.6) is 5.75 Å². The first-order valence-corrected chi connectivity index (χ1v) is 6.79. The molecule has 0 radical (unpaired) electrons. The van der Waals surface area contributed by atoms with Gasteiger partial charge in [0.15, 0.2) is 0 Å². The van der Waals surface area contributed by atoms with Gasteiger partial charge >= 0.3 is 0 Å². The molecule has 1 aliphatic rings. The highest BCUT2D eigenvalue weighted by molar-refractivity contribution is 5.37. The molecule has 19 heavy (non-hydrogen) atoms. The Morgan fingerprint density at radius 3 is 2.63 bits per heavy atom. The molecule has 0 bridgehead atoms. The van der Waals surface area contributed by atoms with Gasteiger partial charge in [-0.25, -0.2) is 8.78 Å². The van der Waals surface area contributed by atoms with Gasteiger partial charge in [-0.1, -0.05) is 19.9 Å². The summed E-state index contributed by atoms with van der Waals surface area (Å²) in [6, 6.07) is 5.45. The summed E-state index contributed by atoms with van der Waals surface area (Å²) in [5.74, 6) is -2.64. The second kappa shape index (κ2) is 5.45. The van der Waals surface area contributed by atoms with Crippen LogP contribution in [0, 0.1) is 5.92 Å². The van der Waals surface area contributed by atoms with Gasteiger partial charge in [0.05, 0.1) is 18.6 Å². The van der Waals surface area contributed by atoms with Gasteiger partial charge in [-0.2, -0.15) is 0 Å².